The molecule has 3 rings (SSSR count). The predicted octanol–water partition coefficient (Wildman–Crippen LogP) is 4.87. The Hall–Kier alpha value is -2.95. The van der Waals surface area contributed by atoms with Crippen molar-refractivity contribution in [3.05, 3.63) is 59.8 Å². The molecule has 0 aliphatic carbocycles. The molecule has 0 saturated heterocycles. The lowest BCUT2D eigenvalue weighted by Crippen LogP contribution is -2.27. The topological polar surface area (TPSA) is 63.3 Å². The SMILES string of the molecule is COc1cccc([C@@H](CC(=O)NCCC(C)C)c2c[nH]c3ccccc23)c1OC. The molecule has 154 valence electrons. The minimum absolute atomic E-state index is 0.0332. The number of para-hydroxylation sites is 2. The van der Waals surface area contributed by atoms with Crippen LogP contribution in [0.15, 0.2) is 48.7 Å². The van der Waals surface area contributed by atoms with E-state index >= 15 is 0 Å². The van der Waals surface area contributed by atoms with Crippen LogP contribution in [0.2, 0.25) is 0 Å². The Morgan fingerprint density at radius 1 is 1.03 bits per heavy atom. The summed E-state index contributed by atoms with van der Waals surface area (Å²) >= 11 is 0. The number of hydrogen-bond acceptors (Lipinski definition) is 3. The molecule has 0 spiro atoms. The number of amides is 1. The zero-order valence-corrected chi connectivity index (χ0v) is 17.6. The lowest BCUT2D eigenvalue weighted by molar-refractivity contribution is -0.121. The van der Waals surface area contributed by atoms with E-state index in [1.807, 2.05) is 42.6 Å². The van der Waals surface area contributed by atoms with E-state index in [0.717, 1.165) is 28.5 Å². The number of fused-ring (bicyclic) bond motifs is 1. The lowest BCUT2D eigenvalue weighted by atomic mass is 9.87. The van der Waals surface area contributed by atoms with Gasteiger partial charge in [0.05, 0.1) is 14.2 Å². The first-order valence-electron chi connectivity index (χ1n) is 10.1. The summed E-state index contributed by atoms with van der Waals surface area (Å²) < 4.78 is 11.2. The molecule has 0 radical (unpaired) electrons. The first-order chi connectivity index (χ1) is 14.0. The molecule has 2 aromatic carbocycles. The molecule has 29 heavy (non-hydrogen) atoms. The van der Waals surface area contributed by atoms with Gasteiger partial charge in [-0.25, -0.2) is 0 Å². The van der Waals surface area contributed by atoms with Gasteiger partial charge in [-0.1, -0.05) is 44.2 Å². The minimum atomic E-state index is -0.157. The van der Waals surface area contributed by atoms with E-state index in [0.29, 0.717) is 30.4 Å². The number of ether oxygens (including phenoxy) is 2. The quantitative estimate of drug-likeness (QED) is 0.544. The fourth-order valence-electron chi connectivity index (χ4n) is 3.71. The molecule has 1 atom stereocenters. The van der Waals surface area contributed by atoms with E-state index in [9.17, 15) is 4.79 Å². The number of H-pyrrole nitrogens is 1. The van der Waals surface area contributed by atoms with Crippen molar-refractivity contribution in [2.45, 2.75) is 32.6 Å². The van der Waals surface area contributed by atoms with Gasteiger partial charge in [-0.2, -0.15) is 0 Å². The van der Waals surface area contributed by atoms with Crippen molar-refractivity contribution in [2.75, 3.05) is 20.8 Å². The summed E-state index contributed by atoms with van der Waals surface area (Å²) in [4.78, 5) is 16.1. The standard InChI is InChI=1S/C24H30N2O3/c1-16(2)12-13-25-23(27)14-19(18-9-7-11-22(28-3)24(18)29-4)20-15-26-21-10-6-5-8-17(20)21/h5-11,15-16,19,26H,12-14H2,1-4H3,(H,25,27)/t19-/m1/s1. The van der Waals surface area contributed by atoms with E-state index in [4.69, 9.17) is 9.47 Å². The molecule has 0 bridgehead atoms. The van der Waals surface area contributed by atoms with Crippen molar-refractivity contribution in [3.8, 4) is 11.5 Å². The van der Waals surface area contributed by atoms with Gasteiger partial charge in [0.15, 0.2) is 11.5 Å². The highest BCUT2D eigenvalue weighted by Gasteiger charge is 2.25. The molecule has 0 unspecified atom stereocenters. The Labute approximate surface area is 172 Å². The second-order valence-corrected chi connectivity index (χ2v) is 7.66. The van der Waals surface area contributed by atoms with Crippen LogP contribution >= 0.6 is 0 Å². The highest BCUT2D eigenvalue weighted by Crippen LogP contribution is 2.41. The smallest absolute Gasteiger partial charge is 0.220 e. The highest BCUT2D eigenvalue weighted by atomic mass is 16.5. The molecule has 3 aromatic rings. The number of carbonyl (C=O) groups excluding carboxylic acids is 1. The molecule has 1 aromatic heterocycles. The molecule has 0 aliphatic heterocycles. The van der Waals surface area contributed by atoms with Crippen LogP contribution in [0.3, 0.4) is 0 Å². The van der Waals surface area contributed by atoms with Gasteiger partial charge in [-0.15, -0.1) is 0 Å². The summed E-state index contributed by atoms with van der Waals surface area (Å²) in [5.41, 5.74) is 3.07. The average molecular weight is 395 g/mol. The van der Waals surface area contributed by atoms with Crippen LogP contribution in [0.1, 0.15) is 43.7 Å². The molecule has 0 fully saturated rings. The lowest BCUT2D eigenvalue weighted by Gasteiger charge is -2.21. The van der Waals surface area contributed by atoms with Gasteiger partial charge in [0, 0.05) is 41.5 Å². The summed E-state index contributed by atoms with van der Waals surface area (Å²) in [6.07, 6.45) is 3.30. The van der Waals surface area contributed by atoms with Gasteiger partial charge in [0.2, 0.25) is 5.91 Å². The zero-order chi connectivity index (χ0) is 20.8. The Balaban J connectivity index is 2.00. The van der Waals surface area contributed by atoms with E-state index in [1.165, 1.54) is 0 Å². The second kappa shape index (κ2) is 9.50. The number of rotatable bonds is 9. The largest absolute Gasteiger partial charge is 0.493 e. The van der Waals surface area contributed by atoms with Gasteiger partial charge in [-0.3, -0.25) is 4.79 Å². The molecule has 5 heteroatoms. The van der Waals surface area contributed by atoms with E-state index in [2.05, 4.69) is 30.2 Å². The number of methoxy groups -OCH3 is 2. The van der Waals surface area contributed by atoms with E-state index in [1.54, 1.807) is 14.2 Å². The summed E-state index contributed by atoms with van der Waals surface area (Å²) in [6, 6.07) is 14.0. The van der Waals surface area contributed by atoms with Crippen LogP contribution in [0.25, 0.3) is 10.9 Å². The molecular weight excluding hydrogens is 364 g/mol. The average Bonchev–Trinajstić information content (AvgIpc) is 3.15. The van der Waals surface area contributed by atoms with Crippen LogP contribution < -0.4 is 14.8 Å². The summed E-state index contributed by atoms with van der Waals surface area (Å²) in [5.74, 6) is 1.76. The van der Waals surface area contributed by atoms with Crippen LogP contribution in [0, 0.1) is 5.92 Å². The Morgan fingerprint density at radius 3 is 2.55 bits per heavy atom. The first kappa shape index (κ1) is 20.8. The van der Waals surface area contributed by atoms with E-state index < -0.39 is 0 Å². The van der Waals surface area contributed by atoms with Crippen molar-refractivity contribution in [2.24, 2.45) is 5.92 Å². The Morgan fingerprint density at radius 2 is 1.83 bits per heavy atom. The van der Waals surface area contributed by atoms with E-state index in [-0.39, 0.29) is 11.8 Å². The normalized spacial score (nSPS) is 12.2. The van der Waals surface area contributed by atoms with Gasteiger partial charge >= 0.3 is 0 Å². The summed E-state index contributed by atoms with van der Waals surface area (Å²) in [6.45, 7) is 5.00. The van der Waals surface area contributed by atoms with Crippen molar-refractivity contribution in [1.29, 1.82) is 0 Å². The van der Waals surface area contributed by atoms with Crippen molar-refractivity contribution in [3.63, 3.8) is 0 Å². The maximum absolute atomic E-state index is 12.8. The first-order valence-corrected chi connectivity index (χ1v) is 10.1. The maximum Gasteiger partial charge on any atom is 0.220 e. The van der Waals surface area contributed by atoms with Gasteiger partial charge < -0.3 is 19.8 Å². The fourth-order valence-corrected chi connectivity index (χ4v) is 3.71. The number of nitrogens with one attached hydrogen (secondary N) is 2. The van der Waals surface area contributed by atoms with Crippen molar-refractivity contribution < 1.29 is 14.3 Å². The molecule has 5 nitrogen and oxygen atoms in total. The fraction of sp³-hybridized carbons (Fsp3) is 0.375. The van der Waals surface area contributed by atoms with Gasteiger partial charge in [-0.05, 0) is 30.0 Å². The molecule has 0 saturated carbocycles. The monoisotopic (exact) mass is 394 g/mol. The number of aromatic amines is 1. The summed E-state index contributed by atoms with van der Waals surface area (Å²) in [5, 5.41) is 4.18. The number of benzene rings is 2. The highest BCUT2D eigenvalue weighted by molar-refractivity contribution is 5.86. The molecule has 1 amide bonds. The predicted molar refractivity (Wildman–Crippen MR) is 117 cm³/mol. The Kier molecular flexibility index (Phi) is 6.81. The number of carbonyl (C=O) groups is 1. The molecular formula is C24H30N2O3. The van der Waals surface area contributed by atoms with Crippen LogP contribution in [-0.4, -0.2) is 31.7 Å². The summed E-state index contributed by atoms with van der Waals surface area (Å²) in [7, 11) is 3.26. The Bertz CT molecular complexity index is 962. The van der Waals surface area contributed by atoms with Crippen molar-refractivity contribution in [1.82, 2.24) is 10.3 Å². The second-order valence-electron chi connectivity index (χ2n) is 7.66. The number of hydrogen-bond donors (Lipinski definition) is 2. The molecule has 2 N–H and O–H groups in total. The van der Waals surface area contributed by atoms with Crippen LogP contribution in [0.5, 0.6) is 11.5 Å². The third-order valence-corrected chi connectivity index (χ3v) is 5.24. The van der Waals surface area contributed by atoms with Gasteiger partial charge in [0.1, 0.15) is 0 Å². The minimum Gasteiger partial charge on any atom is -0.493 e. The zero-order valence-electron chi connectivity index (χ0n) is 17.6. The van der Waals surface area contributed by atoms with Crippen LogP contribution in [-0.2, 0) is 4.79 Å². The molecule has 1 heterocycles. The maximum atomic E-state index is 12.8. The molecule has 0 aliphatic rings. The van der Waals surface area contributed by atoms with Crippen LogP contribution in [0.4, 0.5) is 0 Å². The number of aromatic nitrogens is 1. The van der Waals surface area contributed by atoms with Crippen molar-refractivity contribution >= 4 is 16.8 Å². The third kappa shape index (κ3) is 4.73. The third-order valence-electron chi connectivity index (χ3n) is 5.24. The van der Waals surface area contributed by atoms with Gasteiger partial charge in [0.25, 0.3) is 0 Å².